The van der Waals surface area contributed by atoms with Crippen LogP contribution in [0, 0.1) is 0 Å². The molecule has 8 nitrogen and oxygen atoms in total. The first-order chi connectivity index (χ1) is 12.9. The number of carbonyl (C=O) groups is 1. The Hall–Kier alpha value is -1.94. The average molecular weight is 450 g/mol. The molecule has 0 atom stereocenters. The number of carbonyl (C=O) groups excluding carboxylic acids is 1. The van der Waals surface area contributed by atoms with E-state index in [1.807, 2.05) is 0 Å². The lowest BCUT2D eigenvalue weighted by Crippen LogP contribution is -2.29. The minimum Gasteiger partial charge on any atom is -0.503 e. The summed E-state index contributed by atoms with van der Waals surface area (Å²) in [6, 6.07) is 4.98. The summed E-state index contributed by atoms with van der Waals surface area (Å²) < 4.78 is 25.2. The van der Waals surface area contributed by atoms with Crippen LogP contribution < -0.4 is 0 Å². The fraction of sp³-hybridized carbons (Fsp3) is 0.353. The third kappa shape index (κ3) is 5.11. The predicted octanol–water partition coefficient (Wildman–Crippen LogP) is 2.37. The summed E-state index contributed by atoms with van der Waals surface area (Å²) >= 11 is 11.9. The molecule has 1 amide bonds. The van der Waals surface area contributed by atoms with E-state index < -0.39 is 27.6 Å². The minimum atomic E-state index is -3.38. The number of likely N-dealkylation sites (N-methyl/N-ethyl adjacent to an activating group) is 1. The molecule has 0 aliphatic heterocycles. The van der Waals surface area contributed by atoms with Crippen molar-refractivity contribution in [1.82, 2.24) is 13.8 Å². The highest BCUT2D eigenvalue weighted by Gasteiger charge is 2.23. The molecule has 1 aromatic carbocycles. The van der Waals surface area contributed by atoms with E-state index in [2.05, 4.69) is 0 Å². The third-order valence-electron chi connectivity index (χ3n) is 4.23. The van der Waals surface area contributed by atoms with Crippen LogP contribution in [0.4, 0.5) is 0 Å². The summed E-state index contributed by atoms with van der Waals surface area (Å²) in [6.45, 7) is 0.331. The van der Waals surface area contributed by atoms with Gasteiger partial charge in [-0.05, 0) is 17.7 Å². The van der Waals surface area contributed by atoms with Crippen molar-refractivity contribution in [3.63, 3.8) is 0 Å². The lowest BCUT2D eigenvalue weighted by atomic mass is 10.2. The predicted molar refractivity (Wildman–Crippen MR) is 107 cm³/mol. The van der Waals surface area contributed by atoms with Crippen LogP contribution in [0.2, 0.25) is 10.0 Å². The van der Waals surface area contributed by atoms with Gasteiger partial charge in [-0.3, -0.25) is 4.79 Å². The van der Waals surface area contributed by atoms with Crippen molar-refractivity contribution in [3.05, 3.63) is 45.6 Å². The summed E-state index contributed by atoms with van der Waals surface area (Å²) in [5, 5.41) is 20.9. The smallest absolute Gasteiger partial charge is 0.259 e. The van der Waals surface area contributed by atoms with Crippen molar-refractivity contribution < 1.29 is 23.4 Å². The van der Waals surface area contributed by atoms with Crippen molar-refractivity contribution in [1.29, 1.82) is 0 Å². The molecule has 0 spiro atoms. The quantitative estimate of drug-likeness (QED) is 0.674. The molecular formula is C17H21Cl2N3O5S. The molecule has 154 valence electrons. The van der Waals surface area contributed by atoms with Crippen LogP contribution in [0.15, 0.2) is 24.4 Å². The molecule has 0 aliphatic rings. The first kappa shape index (κ1) is 22.4. The zero-order valence-electron chi connectivity index (χ0n) is 15.6. The zero-order chi connectivity index (χ0) is 21.2. The van der Waals surface area contributed by atoms with Gasteiger partial charge in [-0.2, -0.15) is 0 Å². The van der Waals surface area contributed by atoms with Gasteiger partial charge in [0.1, 0.15) is 5.56 Å². The SMILES string of the molecule is CN(Cc1ccc(Cl)c(Cl)c1)C(=O)c1cn(CCN(C)S(C)(=O)=O)c(O)c1O. The van der Waals surface area contributed by atoms with Crippen molar-refractivity contribution >= 4 is 39.1 Å². The van der Waals surface area contributed by atoms with Crippen LogP contribution in [-0.2, 0) is 23.1 Å². The summed E-state index contributed by atoms with van der Waals surface area (Å²) in [5.41, 5.74) is 0.644. The number of aromatic hydroxyl groups is 2. The van der Waals surface area contributed by atoms with Crippen molar-refractivity contribution in [3.8, 4) is 11.6 Å². The second-order valence-electron chi connectivity index (χ2n) is 6.40. The van der Waals surface area contributed by atoms with Gasteiger partial charge in [0, 0.05) is 39.9 Å². The van der Waals surface area contributed by atoms with Gasteiger partial charge in [-0.25, -0.2) is 12.7 Å². The van der Waals surface area contributed by atoms with Gasteiger partial charge < -0.3 is 19.7 Å². The standard InChI is InChI=1S/C17H21Cl2N3O5S/c1-20(9-11-4-5-13(18)14(19)8-11)16(24)12-10-22(17(25)15(12)23)7-6-21(2)28(3,26)27/h4-5,8,10,23,25H,6-7,9H2,1-3H3. The molecule has 28 heavy (non-hydrogen) atoms. The number of rotatable bonds is 7. The minimum absolute atomic E-state index is 0.0623. The first-order valence-corrected chi connectivity index (χ1v) is 10.7. The van der Waals surface area contributed by atoms with Crippen molar-refractivity contribution in [2.24, 2.45) is 0 Å². The van der Waals surface area contributed by atoms with E-state index >= 15 is 0 Å². The molecule has 0 saturated carbocycles. The summed E-state index contributed by atoms with van der Waals surface area (Å²) in [5.74, 6) is -1.59. The van der Waals surface area contributed by atoms with E-state index in [0.29, 0.717) is 10.0 Å². The number of nitrogens with zero attached hydrogens (tertiary/aromatic N) is 3. The Labute approximate surface area is 173 Å². The maximum atomic E-state index is 12.7. The number of hydrogen-bond donors (Lipinski definition) is 2. The molecular weight excluding hydrogens is 429 g/mol. The molecule has 0 aliphatic carbocycles. The Bertz CT molecular complexity index is 991. The Morgan fingerprint density at radius 1 is 1.18 bits per heavy atom. The van der Waals surface area contributed by atoms with Crippen LogP contribution in [0.1, 0.15) is 15.9 Å². The lowest BCUT2D eigenvalue weighted by molar-refractivity contribution is 0.0782. The topological polar surface area (TPSA) is 103 Å². The second-order valence-corrected chi connectivity index (χ2v) is 9.31. The lowest BCUT2D eigenvalue weighted by Gasteiger charge is -2.17. The van der Waals surface area contributed by atoms with Gasteiger partial charge in [-0.15, -0.1) is 0 Å². The second kappa shape index (κ2) is 8.60. The first-order valence-electron chi connectivity index (χ1n) is 8.13. The number of hydrogen-bond acceptors (Lipinski definition) is 5. The van der Waals surface area contributed by atoms with E-state index in [1.54, 1.807) is 18.2 Å². The van der Waals surface area contributed by atoms with Crippen LogP contribution in [0.3, 0.4) is 0 Å². The number of halogens is 2. The van der Waals surface area contributed by atoms with Gasteiger partial charge in [0.15, 0.2) is 5.75 Å². The van der Waals surface area contributed by atoms with Crippen LogP contribution in [0.5, 0.6) is 11.6 Å². The monoisotopic (exact) mass is 449 g/mol. The molecule has 0 saturated heterocycles. The molecule has 1 heterocycles. The molecule has 1 aromatic heterocycles. The fourth-order valence-corrected chi connectivity index (χ4v) is 3.20. The Balaban J connectivity index is 2.15. The number of aromatic nitrogens is 1. The number of amides is 1. The normalized spacial score (nSPS) is 11.8. The average Bonchev–Trinajstić information content (AvgIpc) is 2.89. The maximum absolute atomic E-state index is 12.7. The van der Waals surface area contributed by atoms with Crippen molar-refractivity contribution in [2.75, 3.05) is 26.9 Å². The molecule has 0 bridgehead atoms. The Kier molecular flexibility index (Phi) is 6.87. The third-order valence-corrected chi connectivity index (χ3v) is 6.28. The molecule has 0 unspecified atom stereocenters. The summed E-state index contributed by atoms with van der Waals surface area (Å²) in [4.78, 5) is 14.0. The molecule has 2 aromatic rings. The van der Waals surface area contributed by atoms with Gasteiger partial charge in [0.25, 0.3) is 5.91 Å². The van der Waals surface area contributed by atoms with Crippen LogP contribution >= 0.6 is 23.2 Å². The van der Waals surface area contributed by atoms with Gasteiger partial charge in [-0.1, -0.05) is 29.3 Å². The van der Waals surface area contributed by atoms with E-state index in [1.165, 1.54) is 29.8 Å². The van der Waals surface area contributed by atoms with E-state index in [4.69, 9.17) is 23.2 Å². The van der Waals surface area contributed by atoms with E-state index in [9.17, 15) is 23.4 Å². The van der Waals surface area contributed by atoms with Gasteiger partial charge in [0.05, 0.1) is 16.3 Å². The van der Waals surface area contributed by atoms with Crippen molar-refractivity contribution in [2.45, 2.75) is 13.1 Å². The van der Waals surface area contributed by atoms with Gasteiger partial charge >= 0.3 is 0 Å². The van der Waals surface area contributed by atoms with E-state index in [-0.39, 0.29) is 25.2 Å². The highest BCUT2D eigenvalue weighted by atomic mass is 35.5. The zero-order valence-corrected chi connectivity index (χ0v) is 17.9. The summed E-state index contributed by atoms with van der Waals surface area (Å²) in [7, 11) is -0.446. The highest BCUT2D eigenvalue weighted by molar-refractivity contribution is 7.88. The highest BCUT2D eigenvalue weighted by Crippen LogP contribution is 2.32. The maximum Gasteiger partial charge on any atom is 0.259 e. The van der Waals surface area contributed by atoms with Crippen LogP contribution in [0.25, 0.3) is 0 Å². The van der Waals surface area contributed by atoms with Gasteiger partial charge in [0.2, 0.25) is 15.9 Å². The molecule has 0 radical (unpaired) electrons. The summed E-state index contributed by atoms with van der Waals surface area (Å²) in [6.07, 6.45) is 2.35. The molecule has 11 heteroatoms. The number of sulfonamides is 1. The Morgan fingerprint density at radius 2 is 1.82 bits per heavy atom. The molecule has 2 rings (SSSR count). The largest absolute Gasteiger partial charge is 0.503 e. The molecule has 2 N–H and O–H groups in total. The number of benzene rings is 1. The fourth-order valence-electron chi connectivity index (χ4n) is 2.47. The Morgan fingerprint density at radius 3 is 2.39 bits per heavy atom. The van der Waals surface area contributed by atoms with E-state index in [0.717, 1.165) is 16.1 Å². The molecule has 0 fully saturated rings. The van der Waals surface area contributed by atoms with Crippen LogP contribution in [-0.4, -0.2) is 65.2 Å².